The first-order valence-electron chi connectivity index (χ1n) is 6.67. The van der Waals surface area contributed by atoms with Crippen molar-refractivity contribution in [1.82, 2.24) is 5.16 Å². The molecule has 0 radical (unpaired) electrons. The quantitative estimate of drug-likeness (QED) is 0.827. The van der Waals surface area contributed by atoms with Gasteiger partial charge in [-0.1, -0.05) is 44.2 Å². The Morgan fingerprint density at radius 3 is 2.60 bits per heavy atom. The Bertz CT molecular complexity index is 540. The minimum Gasteiger partial charge on any atom is -0.474 e. The molecule has 20 heavy (non-hydrogen) atoms. The summed E-state index contributed by atoms with van der Waals surface area (Å²) >= 11 is 6.51. The number of hydrogen-bond donors (Lipinski definition) is 1. The van der Waals surface area contributed by atoms with E-state index in [1.165, 1.54) is 0 Å². The fourth-order valence-corrected chi connectivity index (χ4v) is 2.11. The lowest BCUT2D eigenvalue weighted by molar-refractivity contribution is 0.286. The van der Waals surface area contributed by atoms with Gasteiger partial charge in [0.1, 0.15) is 6.61 Å². The van der Waals surface area contributed by atoms with E-state index in [1.807, 2.05) is 44.2 Å². The van der Waals surface area contributed by atoms with E-state index >= 15 is 0 Å². The maximum absolute atomic E-state index is 6.51. The average Bonchev–Trinajstić information content (AvgIpc) is 2.88. The molecule has 0 amide bonds. The van der Waals surface area contributed by atoms with Crippen molar-refractivity contribution in [2.75, 3.05) is 13.2 Å². The molecule has 0 saturated carbocycles. The largest absolute Gasteiger partial charge is 0.474 e. The second-order valence-corrected chi connectivity index (χ2v) is 5.35. The third-order valence-corrected chi connectivity index (χ3v) is 3.67. The van der Waals surface area contributed by atoms with E-state index in [1.54, 1.807) is 0 Å². The summed E-state index contributed by atoms with van der Waals surface area (Å²) in [6.07, 6.45) is 0. The van der Waals surface area contributed by atoms with Crippen LogP contribution >= 0.6 is 11.6 Å². The number of alkyl halides is 1. The van der Waals surface area contributed by atoms with Crippen LogP contribution in [0.15, 0.2) is 34.9 Å². The van der Waals surface area contributed by atoms with Crippen LogP contribution < -0.4 is 10.5 Å². The molecule has 0 aliphatic carbocycles. The van der Waals surface area contributed by atoms with Gasteiger partial charge >= 0.3 is 0 Å². The molecule has 0 aliphatic rings. The molecule has 1 aromatic heterocycles. The molecule has 0 spiro atoms. The van der Waals surface area contributed by atoms with Gasteiger partial charge in [-0.15, -0.1) is 11.6 Å². The van der Waals surface area contributed by atoms with E-state index < -0.39 is 0 Å². The van der Waals surface area contributed by atoms with Crippen molar-refractivity contribution < 1.29 is 9.26 Å². The highest BCUT2D eigenvalue weighted by molar-refractivity contribution is 6.21. The van der Waals surface area contributed by atoms with Crippen molar-refractivity contribution >= 4 is 11.6 Å². The Hall–Kier alpha value is -1.52. The number of nitrogens with zero attached hydrogens (tertiary/aromatic N) is 1. The van der Waals surface area contributed by atoms with Crippen LogP contribution in [0.2, 0.25) is 0 Å². The molecule has 0 bridgehead atoms. The summed E-state index contributed by atoms with van der Waals surface area (Å²) in [6, 6.07) is 9.76. The summed E-state index contributed by atoms with van der Waals surface area (Å²) in [7, 11) is 0. The molecule has 4 nitrogen and oxygen atoms in total. The van der Waals surface area contributed by atoms with E-state index in [0.29, 0.717) is 24.8 Å². The molecule has 1 aromatic carbocycles. The van der Waals surface area contributed by atoms with Gasteiger partial charge in [0.15, 0.2) is 5.76 Å². The van der Waals surface area contributed by atoms with Gasteiger partial charge in [0.25, 0.3) is 5.88 Å². The minimum atomic E-state index is -0.232. The van der Waals surface area contributed by atoms with Crippen molar-refractivity contribution in [3.05, 3.63) is 35.9 Å². The Morgan fingerprint density at radius 1 is 1.30 bits per heavy atom. The number of aromatic nitrogens is 1. The van der Waals surface area contributed by atoms with Gasteiger partial charge in [-0.05, 0) is 11.1 Å². The van der Waals surface area contributed by atoms with Crippen molar-refractivity contribution in [1.29, 1.82) is 0 Å². The minimum absolute atomic E-state index is 0.232. The van der Waals surface area contributed by atoms with Crippen LogP contribution in [0.3, 0.4) is 0 Å². The Kier molecular flexibility index (Phi) is 5.04. The van der Waals surface area contributed by atoms with E-state index in [4.69, 9.17) is 26.6 Å². The lowest BCUT2D eigenvalue weighted by Crippen LogP contribution is -2.12. The molecule has 2 rings (SSSR count). The first-order valence-corrected chi connectivity index (χ1v) is 7.10. The van der Waals surface area contributed by atoms with Crippen LogP contribution in [0.25, 0.3) is 11.3 Å². The zero-order valence-electron chi connectivity index (χ0n) is 11.7. The van der Waals surface area contributed by atoms with Gasteiger partial charge in [-0.25, -0.2) is 0 Å². The maximum atomic E-state index is 6.51. The molecule has 0 aliphatic heterocycles. The van der Waals surface area contributed by atoms with Gasteiger partial charge in [0.2, 0.25) is 0 Å². The molecule has 1 unspecified atom stereocenters. The second-order valence-electron chi connectivity index (χ2n) is 4.88. The molecule has 1 heterocycles. The maximum Gasteiger partial charge on any atom is 0.259 e. The highest BCUT2D eigenvalue weighted by Gasteiger charge is 2.27. The normalized spacial score (nSPS) is 12.7. The summed E-state index contributed by atoms with van der Waals surface area (Å²) < 4.78 is 11.0. The molecule has 0 saturated heterocycles. The third-order valence-electron chi connectivity index (χ3n) is 2.95. The number of hydrogen-bond acceptors (Lipinski definition) is 4. The van der Waals surface area contributed by atoms with Gasteiger partial charge < -0.3 is 15.0 Å². The lowest BCUT2D eigenvalue weighted by Gasteiger charge is -2.14. The summed E-state index contributed by atoms with van der Waals surface area (Å²) in [4.78, 5) is 0. The zero-order chi connectivity index (χ0) is 14.5. The molecule has 1 atom stereocenters. The SMILES string of the molecule is CC(C)C(Cl)c1c(OCCN)noc1-c1ccccc1. The Balaban J connectivity index is 2.44. The molecule has 2 N–H and O–H groups in total. The Morgan fingerprint density at radius 2 is 2.00 bits per heavy atom. The Labute approximate surface area is 123 Å². The number of ether oxygens (including phenoxy) is 1. The smallest absolute Gasteiger partial charge is 0.259 e. The van der Waals surface area contributed by atoms with Crippen LogP contribution in [0.4, 0.5) is 0 Å². The van der Waals surface area contributed by atoms with Crippen LogP contribution in [-0.4, -0.2) is 18.3 Å². The number of nitrogens with two attached hydrogens (primary N) is 1. The number of rotatable bonds is 6. The van der Waals surface area contributed by atoms with Crippen molar-refractivity contribution in [3.63, 3.8) is 0 Å². The highest BCUT2D eigenvalue weighted by atomic mass is 35.5. The van der Waals surface area contributed by atoms with E-state index in [9.17, 15) is 0 Å². The lowest BCUT2D eigenvalue weighted by atomic mass is 9.99. The predicted octanol–water partition coefficient (Wildman–Crippen LogP) is 3.62. The summed E-state index contributed by atoms with van der Waals surface area (Å²) in [6.45, 7) is 4.90. The topological polar surface area (TPSA) is 61.3 Å². The van der Waals surface area contributed by atoms with Gasteiger partial charge in [-0.2, -0.15) is 0 Å². The van der Waals surface area contributed by atoms with Gasteiger partial charge in [0.05, 0.1) is 10.9 Å². The highest BCUT2D eigenvalue weighted by Crippen LogP contribution is 2.41. The number of halogens is 1. The molecule has 108 valence electrons. The molecule has 5 heteroatoms. The molecular formula is C15H19ClN2O2. The molecule has 0 fully saturated rings. The van der Waals surface area contributed by atoms with Gasteiger partial charge in [-0.3, -0.25) is 0 Å². The first-order chi connectivity index (χ1) is 9.65. The van der Waals surface area contributed by atoms with Crippen LogP contribution in [0.1, 0.15) is 24.8 Å². The zero-order valence-corrected chi connectivity index (χ0v) is 12.4. The van der Waals surface area contributed by atoms with Crippen LogP contribution in [-0.2, 0) is 0 Å². The average molecular weight is 295 g/mol. The standard InChI is InChI=1S/C15H19ClN2O2/c1-10(2)13(16)12-14(11-6-4-3-5-7-11)20-18-15(12)19-9-8-17/h3-7,10,13H,8-9,17H2,1-2H3. The third kappa shape index (κ3) is 3.14. The second kappa shape index (κ2) is 6.77. The molecule has 2 aromatic rings. The van der Waals surface area contributed by atoms with Crippen LogP contribution in [0.5, 0.6) is 5.88 Å². The molecular weight excluding hydrogens is 276 g/mol. The van der Waals surface area contributed by atoms with Crippen LogP contribution in [0, 0.1) is 5.92 Å². The first kappa shape index (κ1) is 14.9. The summed E-state index contributed by atoms with van der Waals surface area (Å²) in [5, 5.41) is 3.76. The van der Waals surface area contributed by atoms with Crippen molar-refractivity contribution in [2.24, 2.45) is 11.7 Å². The van der Waals surface area contributed by atoms with Crippen molar-refractivity contribution in [3.8, 4) is 17.2 Å². The number of benzene rings is 1. The summed E-state index contributed by atoms with van der Waals surface area (Å²) in [5.74, 6) is 1.33. The van der Waals surface area contributed by atoms with Crippen molar-refractivity contribution in [2.45, 2.75) is 19.2 Å². The fraction of sp³-hybridized carbons (Fsp3) is 0.400. The predicted molar refractivity (Wildman–Crippen MR) is 79.9 cm³/mol. The fourth-order valence-electron chi connectivity index (χ4n) is 1.92. The van der Waals surface area contributed by atoms with Gasteiger partial charge in [0, 0.05) is 12.1 Å². The monoisotopic (exact) mass is 294 g/mol. The van der Waals surface area contributed by atoms with E-state index in [0.717, 1.165) is 11.1 Å². The van der Waals surface area contributed by atoms with E-state index in [-0.39, 0.29) is 11.3 Å². The van der Waals surface area contributed by atoms with E-state index in [2.05, 4.69) is 5.16 Å². The summed E-state index contributed by atoms with van der Waals surface area (Å²) in [5.41, 5.74) is 7.19.